The van der Waals surface area contributed by atoms with Crippen molar-refractivity contribution in [1.82, 2.24) is 15.0 Å². The standard InChI is InChI=1S/C51H29N3O2/c1-3-11-32-23-36(19-17-30(32)9-1)42-26-39(29-47-48(42)41-15-7-8-16-44(41)55-47)51-53-49(37-20-18-31-10-2-4-12-33(31)24-37)52-50(54-51)38-21-22-40-43-25-34-13-5-6-14-35(34)27-46(43)56-45(40)28-38/h1-29H. The first-order valence-corrected chi connectivity index (χ1v) is 18.7. The summed E-state index contributed by atoms with van der Waals surface area (Å²) in [7, 11) is 0. The predicted molar refractivity (Wildman–Crippen MR) is 229 cm³/mol. The fourth-order valence-corrected chi connectivity index (χ4v) is 8.26. The Labute approximate surface area is 320 Å². The van der Waals surface area contributed by atoms with Gasteiger partial charge in [-0.2, -0.15) is 0 Å². The van der Waals surface area contributed by atoms with Crippen LogP contribution in [0.4, 0.5) is 0 Å². The van der Waals surface area contributed by atoms with Crippen LogP contribution in [0, 0.1) is 0 Å². The number of hydrogen-bond acceptors (Lipinski definition) is 5. The zero-order valence-corrected chi connectivity index (χ0v) is 29.9. The summed E-state index contributed by atoms with van der Waals surface area (Å²) in [5, 5.41) is 11.2. The Hall–Kier alpha value is -7.63. The minimum atomic E-state index is 0.554. The average Bonchev–Trinajstić information content (AvgIpc) is 3.82. The summed E-state index contributed by atoms with van der Waals surface area (Å²) in [6.45, 7) is 0. The van der Waals surface area contributed by atoms with Gasteiger partial charge < -0.3 is 8.83 Å². The molecule has 0 bridgehead atoms. The highest BCUT2D eigenvalue weighted by molar-refractivity contribution is 6.14. The van der Waals surface area contributed by atoms with E-state index < -0.39 is 0 Å². The molecule has 3 heterocycles. The van der Waals surface area contributed by atoms with Crippen LogP contribution in [0.15, 0.2) is 185 Å². The van der Waals surface area contributed by atoms with Crippen LogP contribution in [0.5, 0.6) is 0 Å². The van der Waals surface area contributed by atoms with Crippen molar-refractivity contribution in [3.8, 4) is 45.3 Å². The highest BCUT2D eigenvalue weighted by Crippen LogP contribution is 2.41. The Morgan fingerprint density at radius 3 is 1.52 bits per heavy atom. The van der Waals surface area contributed by atoms with Crippen LogP contribution < -0.4 is 0 Å². The molecule has 0 N–H and O–H groups in total. The van der Waals surface area contributed by atoms with Crippen molar-refractivity contribution in [3.05, 3.63) is 176 Å². The van der Waals surface area contributed by atoms with Gasteiger partial charge in [-0.3, -0.25) is 0 Å². The minimum absolute atomic E-state index is 0.554. The first kappa shape index (κ1) is 30.8. The van der Waals surface area contributed by atoms with Crippen LogP contribution in [-0.4, -0.2) is 15.0 Å². The van der Waals surface area contributed by atoms with Gasteiger partial charge in [0.2, 0.25) is 0 Å². The maximum absolute atomic E-state index is 6.56. The van der Waals surface area contributed by atoms with Crippen molar-refractivity contribution in [2.75, 3.05) is 0 Å². The molecular weight excluding hydrogens is 687 g/mol. The first-order valence-electron chi connectivity index (χ1n) is 18.7. The van der Waals surface area contributed by atoms with E-state index in [1.165, 1.54) is 16.2 Å². The van der Waals surface area contributed by atoms with Gasteiger partial charge in [0.25, 0.3) is 0 Å². The van der Waals surface area contributed by atoms with E-state index in [4.69, 9.17) is 23.8 Å². The fraction of sp³-hybridized carbons (Fsp3) is 0. The van der Waals surface area contributed by atoms with E-state index in [0.29, 0.717) is 17.5 Å². The molecule has 0 radical (unpaired) electrons. The van der Waals surface area contributed by atoms with E-state index in [1.54, 1.807) is 0 Å². The van der Waals surface area contributed by atoms with Crippen molar-refractivity contribution in [2.45, 2.75) is 0 Å². The minimum Gasteiger partial charge on any atom is -0.456 e. The van der Waals surface area contributed by atoms with Gasteiger partial charge in [-0.1, -0.05) is 121 Å². The third-order valence-electron chi connectivity index (χ3n) is 11.0. The molecule has 0 unspecified atom stereocenters. The maximum Gasteiger partial charge on any atom is 0.164 e. The van der Waals surface area contributed by atoms with Crippen LogP contribution in [0.3, 0.4) is 0 Å². The maximum atomic E-state index is 6.56. The Bertz CT molecular complexity index is 3560. The average molecular weight is 716 g/mol. The Balaban J connectivity index is 1.09. The number of aromatic nitrogens is 3. The summed E-state index contributed by atoms with van der Waals surface area (Å²) in [4.78, 5) is 15.5. The summed E-state index contributed by atoms with van der Waals surface area (Å²) in [6.07, 6.45) is 0. The molecule has 0 saturated carbocycles. The molecule has 3 aromatic heterocycles. The number of nitrogens with zero attached hydrogens (tertiary/aromatic N) is 3. The smallest absolute Gasteiger partial charge is 0.164 e. The Kier molecular flexibility index (Phi) is 6.56. The zero-order valence-electron chi connectivity index (χ0n) is 29.9. The van der Waals surface area contributed by atoms with E-state index >= 15 is 0 Å². The second-order valence-electron chi connectivity index (χ2n) is 14.4. The number of furan rings is 2. The quantitative estimate of drug-likeness (QED) is 0.181. The lowest BCUT2D eigenvalue weighted by atomic mass is 9.95. The molecule has 5 heteroatoms. The summed E-state index contributed by atoms with van der Waals surface area (Å²) in [5.74, 6) is 1.70. The lowest BCUT2D eigenvalue weighted by Crippen LogP contribution is -2.00. The van der Waals surface area contributed by atoms with Gasteiger partial charge in [0.1, 0.15) is 22.3 Å². The highest BCUT2D eigenvalue weighted by atomic mass is 16.3. The summed E-state index contributed by atoms with van der Waals surface area (Å²) < 4.78 is 13.1. The number of hydrogen-bond donors (Lipinski definition) is 0. The van der Waals surface area contributed by atoms with Crippen LogP contribution in [-0.2, 0) is 0 Å². The van der Waals surface area contributed by atoms with Gasteiger partial charge in [-0.15, -0.1) is 0 Å². The van der Waals surface area contributed by atoms with Crippen molar-refractivity contribution in [2.24, 2.45) is 0 Å². The molecule has 260 valence electrons. The second-order valence-corrected chi connectivity index (χ2v) is 14.4. The molecule has 0 aliphatic heterocycles. The van der Waals surface area contributed by atoms with Crippen molar-refractivity contribution < 1.29 is 8.83 Å². The second kappa shape index (κ2) is 11.9. The highest BCUT2D eigenvalue weighted by Gasteiger charge is 2.20. The van der Waals surface area contributed by atoms with E-state index in [1.807, 2.05) is 18.2 Å². The Morgan fingerprint density at radius 1 is 0.286 bits per heavy atom. The van der Waals surface area contributed by atoms with Gasteiger partial charge in [0.05, 0.1) is 0 Å². The van der Waals surface area contributed by atoms with E-state index in [0.717, 1.165) is 87.9 Å². The number of para-hydroxylation sites is 1. The molecule has 0 saturated heterocycles. The summed E-state index contributed by atoms with van der Waals surface area (Å²) >= 11 is 0. The molecule has 5 nitrogen and oxygen atoms in total. The lowest BCUT2D eigenvalue weighted by molar-refractivity contribution is 0.669. The molecule has 56 heavy (non-hydrogen) atoms. The molecular formula is C51H29N3O2. The molecule has 0 aliphatic rings. The van der Waals surface area contributed by atoms with Crippen molar-refractivity contribution >= 4 is 76.2 Å². The van der Waals surface area contributed by atoms with Gasteiger partial charge in [0, 0.05) is 38.2 Å². The zero-order chi connectivity index (χ0) is 36.7. The fourth-order valence-electron chi connectivity index (χ4n) is 8.26. The van der Waals surface area contributed by atoms with E-state index in [9.17, 15) is 0 Å². The van der Waals surface area contributed by atoms with E-state index in [2.05, 4.69) is 158 Å². The number of rotatable bonds is 4. The van der Waals surface area contributed by atoms with Crippen molar-refractivity contribution in [1.29, 1.82) is 0 Å². The van der Waals surface area contributed by atoms with Crippen molar-refractivity contribution in [3.63, 3.8) is 0 Å². The largest absolute Gasteiger partial charge is 0.456 e. The molecule has 0 fully saturated rings. The van der Waals surface area contributed by atoms with Crippen LogP contribution in [0.2, 0.25) is 0 Å². The summed E-state index contributed by atoms with van der Waals surface area (Å²) in [6, 6.07) is 61.2. The van der Waals surface area contributed by atoms with Gasteiger partial charge in [-0.25, -0.2) is 15.0 Å². The number of fused-ring (bicyclic) bond motifs is 9. The van der Waals surface area contributed by atoms with Gasteiger partial charge in [-0.05, 0) is 98.0 Å². The normalized spacial score (nSPS) is 11.9. The number of benzene rings is 9. The lowest BCUT2D eigenvalue weighted by Gasteiger charge is -2.12. The third kappa shape index (κ3) is 4.91. The topological polar surface area (TPSA) is 65.0 Å². The molecule has 0 amide bonds. The molecule has 9 aromatic carbocycles. The third-order valence-corrected chi connectivity index (χ3v) is 11.0. The predicted octanol–water partition coefficient (Wildman–Crippen LogP) is 13.8. The first-order chi connectivity index (χ1) is 27.7. The molecule has 0 spiro atoms. The molecule has 0 aliphatic carbocycles. The monoisotopic (exact) mass is 715 g/mol. The molecule has 0 atom stereocenters. The van der Waals surface area contributed by atoms with E-state index in [-0.39, 0.29) is 0 Å². The SMILES string of the molecule is c1ccc2cc(-c3nc(-c4ccc5c(c4)oc4cc6ccccc6cc45)nc(-c4cc(-c5ccc6ccccc6c5)c5c(c4)oc4ccccc45)n3)ccc2c1. The summed E-state index contributed by atoms with van der Waals surface area (Å²) in [5.41, 5.74) is 7.97. The molecule has 12 aromatic rings. The molecule has 12 rings (SSSR count). The van der Waals surface area contributed by atoms with Gasteiger partial charge >= 0.3 is 0 Å². The Morgan fingerprint density at radius 2 is 0.786 bits per heavy atom. The van der Waals surface area contributed by atoms with Crippen LogP contribution >= 0.6 is 0 Å². The van der Waals surface area contributed by atoms with Gasteiger partial charge in [0.15, 0.2) is 17.5 Å². The van der Waals surface area contributed by atoms with Crippen LogP contribution in [0.1, 0.15) is 0 Å². The van der Waals surface area contributed by atoms with Crippen LogP contribution in [0.25, 0.3) is 121 Å².